The summed E-state index contributed by atoms with van der Waals surface area (Å²) < 4.78 is 0. The molecule has 2 aromatic rings. The fourth-order valence-electron chi connectivity index (χ4n) is 3.90. The third-order valence-electron chi connectivity index (χ3n) is 5.62. The minimum Gasteiger partial charge on any atom is -0.353 e. The normalized spacial score (nSPS) is 17.2. The Hall–Kier alpha value is -2.31. The second kappa shape index (κ2) is 11.2. The van der Waals surface area contributed by atoms with Crippen molar-refractivity contribution in [2.24, 2.45) is 0 Å². The third-order valence-corrected chi connectivity index (χ3v) is 6.63. The number of amides is 2. The number of benzene rings is 2. The van der Waals surface area contributed by atoms with Crippen molar-refractivity contribution in [3.63, 3.8) is 0 Å². The van der Waals surface area contributed by atoms with Crippen molar-refractivity contribution in [3.05, 3.63) is 71.8 Å². The zero-order valence-corrected chi connectivity index (χ0v) is 18.6. The number of hydrogen-bond donors (Lipinski definition) is 1. The number of thioether (sulfide) groups is 1. The van der Waals surface area contributed by atoms with Gasteiger partial charge in [0.15, 0.2) is 0 Å². The molecular formula is C24H31N3O2S. The second-order valence-corrected chi connectivity index (χ2v) is 8.47. The number of hydrogen-bond acceptors (Lipinski definition) is 4. The van der Waals surface area contributed by atoms with E-state index in [2.05, 4.69) is 48.3 Å². The second-order valence-electron chi connectivity index (χ2n) is 7.47. The third kappa shape index (κ3) is 5.64. The number of nitrogens with zero attached hydrogens (tertiary/aromatic N) is 2. The summed E-state index contributed by atoms with van der Waals surface area (Å²) in [6.07, 6.45) is 0.884. The average Bonchev–Trinajstić information content (AvgIpc) is 3.28. The molecule has 0 spiro atoms. The van der Waals surface area contributed by atoms with Crippen molar-refractivity contribution < 1.29 is 9.59 Å². The average molecular weight is 426 g/mol. The molecule has 2 aromatic carbocycles. The Bertz CT molecular complexity index is 812. The van der Waals surface area contributed by atoms with Gasteiger partial charge >= 0.3 is 0 Å². The molecule has 0 aromatic heterocycles. The van der Waals surface area contributed by atoms with E-state index in [1.807, 2.05) is 24.3 Å². The highest BCUT2D eigenvalue weighted by Gasteiger charge is 2.35. The van der Waals surface area contributed by atoms with Crippen LogP contribution in [0.2, 0.25) is 0 Å². The Labute approximate surface area is 183 Å². The predicted octanol–water partition coefficient (Wildman–Crippen LogP) is 3.27. The first kappa shape index (κ1) is 22.4. The lowest BCUT2D eigenvalue weighted by Gasteiger charge is -2.31. The molecule has 160 valence electrons. The monoisotopic (exact) mass is 425 g/mol. The molecule has 30 heavy (non-hydrogen) atoms. The van der Waals surface area contributed by atoms with Crippen LogP contribution in [0.1, 0.15) is 29.8 Å². The van der Waals surface area contributed by atoms with E-state index in [-0.39, 0.29) is 17.9 Å². The Morgan fingerprint density at radius 1 is 1.07 bits per heavy atom. The van der Waals surface area contributed by atoms with Crippen LogP contribution in [0.3, 0.4) is 0 Å². The minimum atomic E-state index is -0.420. The highest BCUT2D eigenvalue weighted by Crippen LogP contribution is 2.23. The van der Waals surface area contributed by atoms with E-state index in [1.165, 1.54) is 5.56 Å². The summed E-state index contributed by atoms with van der Waals surface area (Å²) in [6, 6.07) is 19.4. The highest BCUT2D eigenvalue weighted by atomic mass is 32.2. The van der Waals surface area contributed by atoms with Crippen molar-refractivity contribution in [1.82, 2.24) is 15.1 Å². The van der Waals surface area contributed by atoms with Gasteiger partial charge in [0.1, 0.15) is 6.04 Å². The van der Waals surface area contributed by atoms with Gasteiger partial charge in [-0.05, 0) is 37.2 Å². The van der Waals surface area contributed by atoms with Crippen molar-refractivity contribution in [2.75, 3.05) is 31.3 Å². The number of carbonyl (C=O) groups is 2. The summed E-state index contributed by atoms with van der Waals surface area (Å²) >= 11 is 1.63. The van der Waals surface area contributed by atoms with E-state index >= 15 is 0 Å². The smallest absolute Gasteiger partial charge is 0.255 e. The maximum absolute atomic E-state index is 13.0. The molecule has 1 N–H and O–H groups in total. The molecule has 2 unspecified atom stereocenters. The number of nitrogens with one attached hydrogen (secondary N) is 1. The van der Waals surface area contributed by atoms with Gasteiger partial charge < -0.3 is 10.2 Å². The summed E-state index contributed by atoms with van der Waals surface area (Å²) in [6.45, 7) is 6.74. The molecule has 1 aliphatic rings. The number of likely N-dealkylation sites (N-methyl/N-ethyl adjacent to an activating group) is 1. The van der Waals surface area contributed by atoms with E-state index < -0.39 is 6.04 Å². The van der Waals surface area contributed by atoms with Crippen LogP contribution in [0.5, 0.6) is 0 Å². The summed E-state index contributed by atoms with van der Waals surface area (Å²) in [5.41, 5.74) is 1.89. The molecule has 0 radical (unpaired) electrons. The quantitative estimate of drug-likeness (QED) is 0.670. The van der Waals surface area contributed by atoms with E-state index in [9.17, 15) is 9.59 Å². The molecule has 3 rings (SSSR count). The van der Waals surface area contributed by atoms with Crippen molar-refractivity contribution in [3.8, 4) is 0 Å². The van der Waals surface area contributed by atoms with Crippen molar-refractivity contribution in [1.29, 1.82) is 0 Å². The van der Waals surface area contributed by atoms with E-state index in [0.29, 0.717) is 23.7 Å². The van der Waals surface area contributed by atoms with Gasteiger partial charge in [-0.3, -0.25) is 14.5 Å². The van der Waals surface area contributed by atoms with Crippen LogP contribution in [0.15, 0.2) is 60.7 Å². The van der Waals surface area contributed by atoms with Gasteiger partial charge in [0.2, 0.25) is 5.91 Å². The van der Waals surface area contributed by atoms with Gasteiger partial charge in [-0.1, -0.05) is 62.4 Å². The van der Waals surface area contributed by atoms with Crippen LogP contribution in [0, 0.1) is 0 Å². The zero-order valence-electron chi connectivity index (χ0n) is 17.8. The maximum Gasteiger partial charge on any atom is 0.255 e. The Balaban J connectivity index is 1.64. The van der Waals surface area contributed by atoms with Crippen molar-refractivity contribution in [2.45, 2.75) is 32.4 Å². The Morgan fingerprint density at radius 3 is 2.33 bits per heavy atom. The molecule has 1 aliphatic heterocycles. The summed E-state index contributed by atoms with van der Waals surface area (Å²) in [4.78, 5) is 29.9. The first-order valence-corrected chi connectivity index (χ1v) is 11.8. The number of rotatable bonds is 9. The number of carbonyl (C=O) groups excluding carboxylic acids is 2. The topological polar surface area (TPSA) is 52.7 Å². The van der Waals surface area contributed by atoms with Crippen molar-refractivity contribution >= 4 is 23.6 Å². The van der Waals surface area contributed by atoms with E-state index in [4.69, 9.17) is 0 Å². The molecule has 1 saturated heterocycles. The molecule has 0 bridgehead atoms. The predicted molar refractivity (Wildman–Crippen MR) is 124 cm³/mol. The van der Waals surface area contributed by atoms with Gasteiger partial charge in [0.05, 0.1) is 5.88 Å². The molecule has 2 atom stereocenters. The van der Waals surface area contributed by atoms with Gasteiger partial charge in [-0.25, -0.2) is 0 Å². The summed E-state index contributed by atoms with van der Waals surface area (Å²) in [7, 11) is 0. The maximum atomic E-state index is 13.0. The van der Waals surface area contributed by atoms with Gasteiger partial charge in [0.25, 0.3) is 5.91 Å². The molecular weight excluding hydrogens is 394 g/mol. The molecule has 2 amide bonds. The van der Waals surface area contributed by atoms with Gasteiger partial charge in [0, 0.05) is 23.9 Å². The first-order chi connectivity index (χ1) is 14.6. The molecule has 5 nitrogen and oxygen atoms in total. The fourth-order valence-corrected chi connectivity index (χ4v) is 5.05. The Morgan fingerprint density at radius 2 is 1.70 bits per heavy atom. The van der Waals surface area contributed by atoms with Crippen LogP contribution in [-0.4, -0.2) is 65.0 Å². The van der Waals surface area contributed by atoms with Crippen LogP contribution in [-0.2, 0) is 11.2 Å². The van der Waals surface area contributed by atoms with E-state index in [1.54, 1.807) is 28.8 Å². The summed E-state index contributed by atoms with van der Waals surface area (Å²) in [5, 5.41) is 3.14. The standard InChI is InChI=1S/C24H31N3O2S/c1-3-26(4-2)21(15-19-11-7-5-8-12-19)16-25-23(28)22-17-30-18-27(22)24(29)20-13-9-6-10-14-20/h5-14,21-22H,3-4,15-18H2,1-2H3,(H,25,28). The first-order valence-electron chi connectivity index (χ1n) is 10.6. The lowest BCUT2D eigenvalue weighted by Crippen LogP contribution is -2.51. The van der Waals surface area contributed by atoms with Gasteiger partial charge in [-0.15, -0.1) is 11.8 Å². The lowest BCUT2D eigenvalue weighted by atomic mass is 10.0. The minimum absolute atomic E-state index is 0.0606. The molecule has 0 aliphatic carbocycles. The highest BCUT2D eigenvalue weighted by molar-refractivity contribution is 7.99. The summed E-state index contributed by atoms with van der Waals surface area (Å²) in [5.74, 6) is 1.05. The Kier molecular flexibility index (Phi) is 8.34. The molecule has 1 heterocycles. The SMILES string of the molecule is CCN(CC)C(CNC(=O)C1CSCN1C(=O)c1ccccc1)Cc1ccccc1. The van der Waals surface area contributed by atoms with Crippen LogP contribution < -0.4 is 5.32 Å². The van der Waals surface area contributed by atoms with Gasteiger partial charge in [-0.2, -0.15) is 0 Å². The lowest BCUT2D eigenvalue weighted by molar-refractivity contribution is -0.124. The van der Waals surface area contributed by atoms with Crippen LogP contribution in [0.4, 0.5) is 0 Å². The molecule has 1 fully saturated rings. The van der Waals surface area contributed by atoms with E-state index in [0.717, 1.165) is 19.5 Å². The fraction of sp³-hybridized carbons (Fsp3) is 0.417. The van der Waals surface area contributed by atoms with Crippen LogP contribution in [0.25, 0.3) is 0 Å². The molecule has 0 saturated carbocycles. The zero-order chi connectivity index (χ0) is 21.3. The molecule has 6 heteroatoms. The largest absolute Gasteiger partial charge is 0.353 e. The van der Waals surface area contributed by atoms with Crippen LogP contribution >= 0.6 is 11.8 Å².